The summed E-state index contributed by atoms with van der Waals surface area (Å²) in [4.78, 5) is 44.8. The number of rotatable bonds is 4. The molecule has 10 nitrogen and oxygen atoms in total. The zero-order valence-corrected chi connectivity index (χ0v) is 13.3. The van der Waals surface area contributed by atoms with Crippen molar-refractivity contribution in [2.45, 2.75) is 43.6 Å². The molecular formula is C14H21NO9. The van der Waals surface area contributed by atoms with Gasteiger partial charge < -0.3 is 25.2 Å². The van der Waals surface area contributed by atoms with E-state index in [1.54, 1.807) is 0 Å². The molecule has 0 amide bonds. The van der Waals surface area contributed by atoms with Crippen molar-refractivity contribution >= 4 is 23.7 Å². The molecule has 0 aromatic carbocycles. The summed E-state index contributed by atoms with van der Waals surface area (Å²) < 4.78 is 4.67. The van der Waals surface area contributed by atoms with Crippen LogP contribution in [0.15, 0.2) is 0 Å². The number of nitrogens with zero attached hydrogens (tertiary/aromatic N) is 1. The molecule has 2 aliphatic heterocycles. The molecule has 136 valence electrons. The second-order valence-electron chi connectivity index (χ2n) is 5.70. The van der Waals surface area contributed by atoms with Crippen LogP contribution in [-0.4, -0.2) is 87.5 Å². The number of carboxylic acids is 2. The highest BCUT2D eigenvalue weighted by molar-refractivity contribution is 6.00. The summed E-state index contributed by atoms with van der Waals surface area (Å²) in [6, 6.07) is 0.433. The molecule has 5 atom stereocenters. The average Bonchev–Trinajstić information content (AvgIpc) is 2.77. The lowest BCUT2D eigenvalue weighted by atomic mass is 9.89. The minimum absolute atomic E-state index is 0.0578. The molecule has 0 aromatic rings. The first-order valence-electron chi connectivity index (χ1n) is 7.26. The van der Waals surface area contributed by atoms with E-state index < -0.39 is 30.1 Å². The maximum Gasteiger partial charge on any atom is 0.335 e. The first kappa shape index (κ1) is 20.0. The van der Waals surface area contributed by atoms with E-state index in [-0.39, 0.29) is 17.8 Å². The maximum absolute atomic E-state index is 11.7. The number of ether oxygens (including phenoxy) is 1. The van der Waals surface area contributed by atoms with Gasteiger partial charge >= 0.3 is 17.9 Å². The van der Waals surface area contributed by atoms with Crippen LogP contribution in [-0.2, 0) is 23.9 Å². The molecule has 0 saturated carbocycles. The Morgan fingerprint density at radius 2 is 1.62 bits per heavy atom. The Morgan fingerprint density at radius 3 is 2.04 bits per heavy atom. The second-order valence-corrected chi connectivity index (χ2v) is 5.70. The van der Waals surface area contributed by atoms with E-state index in [2.05, 4.69) is 9.64 Å². The molecule has 2 saturated heterocycles. The van der Waals surface area contributed by atoms with Crippen LogP contribution in [0.3, 0.4) is 0 Å². The third kappa shape index (κ3) is 4.28. The number of aliphatic hydroxyl groups is 2. The number of carbonyl (C=O) groups excluding carboxylic acids is 2. The molecule has 0 spiro atoms. The summed E-state index contributed by atoms with van der Waals surface area (Å²) in [5, 5.41) is 32.5. The molecule has 24 heavy (non-hydrogen) atoms. The predicted octanol–water partition coefficient (Wildman–Crippen LogP) is -1.91. The molecule has 4 N–H and O–H groups in total. The maximum atomic E-state index is 11.7. The number of hydrogen-bond acceptors (Lipinski definition) is 8. The van der Waals surface area contributed by atoms with Crippen LogP contribution in [0.2, 0.25) is 0 Å². The van der Waals surface area contributed by atoms with Gasteiger partial charge in [-0.15, -0.1) is 0 Å². The van der Waals surface area contributed by atoms with Gasteiger partial charge in [-0.2, -0.15) is 0 Å². The molecule has 0 radical (unpaired) electrons. The van der Waals surface area contributed by atoms with Gasteiger partial charge in [0.1, 0.15) is 11.7 Å². The first-order chi connectivity index (χ1) is 11.1. The van der Waals surface area contributed by atoms with Crippen LogP contribution >= 0.6 is 0 Å². The van der Waals surface area contributed by atoms with E-state index in [9.17, 15) is 19.2 Å². The van der Waals surface area contributed by atoms with Crippen molar-refractivity contribution in [3.8, 4) is 0 Å². The zero-order chi connectivity index (χ0) is 18.6. The van der Waals surface area contributed by atoms with Gasteiger partial charge in [0.15, 0.2) is 12.2 Å². The van der Waals surface area contributed by atoms with E-state index in [0.717, 1.165) is 12.8 Å². The molecule has 2 fully saturated rings. The van der Waals surface area contributed by atoms with Crippen LogP contribution in [0.25, 0.3) is 0 Å². The summed E-state index contributed by atoms with van der Waals surface area (Å²) in [6.07, 6.45) is -2.06. The Labute approximate surface area is 137 Å². The molecule has 0 aromatic heterocycles. The number of hydrogen-bond donors (Lipinski definition) is 4. The Hall–Kier alpha value is -2.04. The summed E-state index contributed by atoms with van der Waals surface area (Å²) >= 11 is 0. The molecule has 2 bridgehead atoms. The highest BCUT2D eigenvalue weighted by Gasteiger charge is 2.48. The van der Waals surface area contributed by atoms with Crippen LogP contribution in [0, 0.1) is 5.92 Å². The first-order valence-corrected chi connectivity index (χ1v) is 7.26. The van der Waals surface area contributed by atoms with Gasteiger partial charge in [-0.05, 0) is 19.9 Å². The van der Waals surface area contributed by atoms with Crippen molar-refractivity contribution in [2.24, 2.45) is 5.92 Å². The highest BCUT2D eigenvalue weighted by Crippen LogP contribution is 2.36. The molecular weight excluding hydrogens is 326 g/mol. The Balaban J connectivity index is 0.000000257. The van der Waals surface area contributed by atoms with Gasteiger partial charge in [0.2, 0.25) is 0 Å². The van der Waals surface area contributed by atoms with E-state index in [4.69, 9.17) is 20.4 Å². The number of carboxylic acid groups (broad SMARTS) is 2. The van der Waals surface area contributed by atoms with Gasteiger partial charge in [0.25, 0.3) is 0 Å². The average molecular weight is 347 g/mol. The fraction of sp³-hybridized carbons (Fsp3) is 0.714. The van der Waals surface area contributed by atoms with Crippen molar-refractivity contribution in [3.63, 3.8) is 0 Å². The highest BCUT2D eigenvalue weighted by atomic mass is 16.5. The number of Topliss-reactive ketones (excluding diaryl/α,β-unsaturated/α-hetero) is 1. The largest absolute Gasteiger partial charge is 0.479 e. The lowest BCUT2D eigenvalue weighted by Crippen LogP contribution is -2.50. The van der Waals surface area contributed by atoms with Crippen molar-refractivity contribution < 1.29 is 44.3 Å². The van der Waals surface area contributed by atoms with Crippen LogP contribution < -0.4 is 0 Å². The lowest BCUT2D eigenvalue weighted by Gasteiger charge is -2.34. The number of aliphatic hydroxyl groups excluding tert-OH is 2. The van der Waals surface area contributed by atoms with Gasteiger partial charge in [-0.1, -0.05) is 0 Å². The Kier molecular flexibility index (Phi) is 6.81. The molecule has 2 aliphatic rings. The molecule has 2 rings (SSSR count). The topological polar surface area (TPSA) is 162 Å². The monoisotopic (exact) mass is 347 g/mol. The van der Waals surface area contributed by atoms with E-state index >= 15 is 0 Å². The van der Waals surface area contributed by atoms with Crippen molar-refractivity contribution in [1.29, 1.82) is 0 Å². The van der Waals surface area contributed by atoms with E-state index in [1.807, 2.05) is 7.05 Å². The number of carbonyl (C=O) groups is 4. The number of esters is 1. The fourth-order valence-electron chi connectivity index (χ4n) is 2.95. The summed E-state index contributed by atoms with van der Waals surface area (Å²) in [5.41, 5.74) is 0. The Bertz CT molecular complexity index is 502. The zero-order valence-electron chi connectivity index (χ0n) is 13.3. The van der Waals surface area contributed by atoms with Gasteiger partial charge in [0.05, 0.1) is 7.11 Å². The standard InChI is InChI=1S/C10H15NO3.C4H6O6/c1-11-6-3-4-7(11)9(8(12)5-6)10(13)14-2;5-1(3(7)8)2(6)4(9)10/h6-7,9H,3-5H2,1-2H3;1-2,5-6H,(H,7,8)(H,9,10). The number of methoxy groups -OCH3 is 1. The molecule has 0 aliphatic carbocycles. The van der Waals surface area contributed by atoms with E-state index in [1.165, 1.54) is 7.11 Å². The minimum Gasteiger partial charge on any atom is -0.479 e. The van der Waals surface area contributed by atoms with Crippen LogP contribution in [0.1, 0.15) is 19.3 Å². The molecule has 10 heteroatoms. The number of piperidine rings is 1. The summed E-state index contributed by atoms with van der Waals surface area (Å²) in [5.74, 6) is -4.39. The quantitative estimate of drug-likeness (QED) is 0.333. The van der Waals surface area contributed by atoms with Gasteiger partial charge in [0, 0.05) is 18.5 Å². The summed E-state index contributed by atoms with van der Waals surface area (Å²) in [7, 11) is 3.33. The van der Waals surface area contributed by atoms with Crippen molar-refractivity contribution in [2.75, 3.05) is 14.2 Å². The third-order valence-electron chi connectivity index (χ3n) is 4.32. The third-order valence-corrected chi connectivity index (χ3v) is 4.32. The lowest BCUT2D eigenvalue weighted by molar-refractivity contribution is -0.165. The minimum atomic E-state index is -2.27. The SMILES string of the molecule is COC(=O)C1C(=O)CC2CCC1N2C.O=C(O)C(O)C(O)C(=O)O. The predicted molar refractivity (Wildman–Crippen MR) is 77.0 cm³/mol. The van der Waals surface area contributed by atoms with Crippen LogP contribution in [0.5, 0.6) is 0 Å². The van der Waals surface area contributed by atoms with Gasteiger partial charge in [-0.25, -0.2) is 9.59 Å². The number of fused-ring (bicyclic) bond motifs is 2. The van der Waals surface area contributed by atoms with Crippen molar-refractivity contribution in [1.82, 2.24) is 4.90 Å². The Morgan fingerprint density at radius 1 is 1.12 bits per heavy atom. The van der Waals surface area contributed by atoms with Gasteiger partial charge in [-0.3, -0.25) is 14.5 Å². The molecule has 2 heterocycles. The number of ketones is 1. The molecule has 5 unspecified atom stereocenters. The van der Waals surface area contributed by atoms with E-state index in [0.29, 0.717) is 12.5 Å². The van der Waals surface area contributed by atoms with Crippen molar-refractivity contribution in [3.05, 3.63) is 0 Å². The normalized spacial score (nSPS) is 28.3. The number of aliphatic carboxylic acids is 2. The summed E-state index contributed by atoms with van der Waals surface area (Å²) in [6.45, 7) is 0. The fourth-order valence-corrected chi connectivity index (χ4v) is 2.95. The second kappa shape index (κ2) is 8.18. The smallest absolute Gasteiger partial charge is 0.335 e. The van der Waals surface area contributed by atoms with Crippen LogP contribution in [0.4, 0.5) is 0 Å².